The van der Waals surface area contributed by atoms with Crippen molar-refractivity contribution in [3.8, 4) is 27.0 Å². The van der Waals surface area contributed by atoms with Crippen molar-refractivity contribution in [1.82, 2.24) is 14.8 Å². The maximum absolute atomic E-state index is 13.2. The van der Waals surface area contributed by atoms with Gasteiger partial charge in [-0.25, -0.2) is 0 Å². The van der Waals surface area contributed by atoms with Crippen molar-refractivity contribution in [3.63, 3.8) is 0 Å². The summed E-state index contributed by atoms with van der Waals surface area (Å²) in [7, 11) is 0. The van der Waals surface area contributed by atoms with Crippen molar-refractivity contribution >= 4 is 37.7 Å². The first kappa shape index (κ1) is 23.9. The number of Topliss-reactive ketones (excluding diaryl/α,β-unsaturated/α-hetero) is 1. The number of hydrogen-bond acceptors (Lipinski definition) is 4. The van der Waals surface area contributed by atoms with Crippen molar-refractivity contribution in [1.29, 1.82) is 0 Å². The first-order valence-electron chi connectivity index (χ1n) is 10.5. The van der Waals surface area contributed by atoms with Gasteiger partial charge < -0.3 is 9.67 Å². The number of ether oxygens (including phenoxy) is 1. The van der Waals surface area contributed by atoms with Crippen LogP contribution in [0.1, 0.15) is 41.4 Å². The Kier molecular flexibility index (Phi) is 7.29. The van der Waals surface area contributed by atoms with Gasteiger partial charge in [0.2, 0.25) is 0 Å². The second kappa shape index (κ2) is 10.4. The number of ketones is 1. The number of aliphatic hydroxyl groups excluding tert-OH is 1. The smallest absolute Gasteiger partial charge is 0.278 e. The predicted octanol–water partition coefficient (Wildman–Crippen LogP) is 6.10. The molecule has 0 radical (unpaired) electrons. The number of carbonyl (C=O) groups excluding carboxylic acids is 1. The average Bonchev–Trinajstić information content (AvgIpc) is 3.47. The first-order chi connectivity index (χ1) is 16.4. The van der Waals surface area contributed by atoms with Gasteiger partial charge in [0.05, 0.1) is 17.8 Å². The molecular formula is C25H22F2IN3O3. The maximum atomic E-state index is 13.2. The van der Waals surface area contributed by atoms with Crippen molar-refractivity contribution < 1.29 is 20.4 Å². The van der Waals surface area contributed by atoms with Crippen LogP contribution in [0.15, 0.2) is 54.9 Å². The van der Waals surface area contributed by atoms with Crippen molar-refractivity contribution in [2.45, 2.75) is 32.9 Å². The fourth-order valence-electron chi connectivity index (χ4n) is 3.84. The molecule has 0 spiro atoms. The van der Waals surface area contributed by atoms with Gasteiger partial charge in [0.15, 0.2) is 0 Å². The quantitative estimate of drug-likeness (QED) is 0.158. The molecule has 2 heterocycles. The summed E-state index contributed by atoms with van der Waals surface area (Å²) < 4.78 is 33.4. The summed E-state index contributed by atoms with van der Waals surface area (Å²) >= 11 is -4.14. The Hall–Kier alpha value is -3.23. The van der Waals surface area contributed by atoms with Crippen LogP contribution in [0.2, 0.25) is 0 Å². The molecule has 176 valence electrons. The van der Waals surface area contributed by atoms with Crippen LogP contribution in [0.25, 0.3) is 22.2 Å². The number of rotatable bonds is 7. The molecule has 0 unspecified atom stereocenters. The molecule has 0 atom stereocenters. The number of hydrogen-bond donors (Lipinski definition) is 2. The second-order valence-electron chi connectivity index (χ2n) is 7.94. The zero-order chi connectivity index (χ0) is 24.2. The Balaban J connectivity index is 1.68. The number of nitrogens with zero attached hydrogens (tertiary/aromatic N) is 2. The van der Waals surface area contributed by atoms with E-state index in [4.69, 9.17) is 4.74 Å². The van der Waals surface area contributed by atoms with Crippen molar-refractivity contribution in [3.05, 3.63) is 71.5 Å². The molecule has 6 nitrogen and oxygen atoms in total. The summed E-state index contributed by atoms with van der Waals surface area (Å²) in [6.07, 6.45) is 5.73. The molecule has 0 aliphatic heterocycles. The zero-order valence-corrected chi connectivity index (χ0v) is 20.6. The summed E-state index contributed by atoms with van der Waals surface area (Å²) in [5.74, 6) is 0.244. The SMILES string of the molecule is CC(C)n1cc(CO)c2cc(C(=O)Cc3ccc(OC#CI(F)F)cc3)cc(-c3ccn[nH]3)c21. The van der Waals surface area contributed by atoms with Gasteiger partial charge in [-0.2, -0.15) is 5.10 Å². The van der Waals surface area contributed by atoms with Gasteiger partial charge in [-0.15, -0.1) is 0 Å². The Morgan fingerprint density at radius 3 is 2.62 bits per heavy atom. The Morgan fingerprint density at radius 1 is 1.24 bits per heavy atom. The monoisotopic (exact) mass is 577 g/mol. The molecule has 0 saturated heterocycles. The van der Waals surface area contributed by atoms with E-state index in [-0.39, 0.29) is 24.9 Å². The summed E-state index contributed by atoms with van der Waals surface area (Å²) in [6.45, 7) is 3.98. The normalized spacial score (nSPS) is 11.4. The third-order valence-corrected chi connectivity index (χ3v) is 6.04. The minimum absolute atomic E-state index is 0.0956. The standard InChI is InChI=1S/C25H22F2IN3O3/c1-16(2)31-14-19(15-32)21-12-18(13-22(25(21)31)23-7-9-29-30-23)24(33)11-17-3-5-20(6-4-17)34-10-8-28(26)27/h3-7,9,12-14,16,32H,11,15H2,1-2H3,(H,29,30). The van der Waals surface area contributed by atoms with E-state index in [9.17, 15) is 15.6 Å². The van der Waals surface area contributed by atoms with E-state index in [1.54, 1.807) is 34.4 Å². The van der Waals surface area contributed by atoms with Crippen LogP contribution in [0, 0.1) is 10.0 Å². The van der Waals surface area contributed by atoms with Crippen LogP contribution in [0.3, 0.4) is 0 Å². The van der Waals surface area contributed by atoms with Crippen molar-refractivity contribution in [2.75, 3.05) is 0 Å². The van der Waals surface area contributed by atoms with E-state index < -0.39 is 21.0 Å². The third-order valence-electron chi connectivity index (χ3n) is 5.42. The summed E-state index contributed by atoms with van der Waals surface area (Å²) in [6, 6.07) is 12.3. The molecule has 0 fully saturated rings. The fraction of sp³-hybridized carbons (Fsp3) is 0.200. The molecule has 2 aromatic heterocycles. The van der Waals surface area contributed by atoms with E-state index in [1.165, 1.54) is 0 Å². The molecule has 4 aromatic rings. The third kappa shape index (κ3) is 5.13. The molecule has 0 bridgehead atoms. The van der Waals surface area contributed by atoms with Crippen LogP contribution >= 0.6 is 21.0 Å². The number of aromatic amines is 1. The number of nitrogens with one attached hydrogen (secondary N) is 1. The second-order valence-corrected chi connectivity index (χ2v) is 9.61. The Labute approximate surface area is 203 Å². The van der Waals surface area contributed by atoms with Crippen LogP contribution < -0.4 is 4.74 Å². The van der Waals surface area contributed by atoms with E-state index in [2.05, 4.69) is 28.6 Å². The first-order valence-corrected chi connectivity index (χ1v) is 13.2. The number of halogens is 3. The number of fused-ring (bicyclic) bond motifs is 1. The van der Waals surface area contributed by atoms with Gasteiger partial charge in [-0.1, -0.05) is 0 Å². The van der Waals surface area contributed by atoms with Gasteiger partial charge in [-0.05, 0) is 19.9 Å². The molecule has 34 heavy (non-hydrogen) atoms. The molecule has 2 N–H and O–H groups in total. The topological polar surface area (TPSA) is 80.1 Å². The van der Waals surface area contributed by atoms with Gasteiger partial charge in [-0.3, -0.25) is 5.10 Å². The molecule has 2 aromatic carbocycles. The number of benzene rings is 2. The number of aromatic nitrogens is 3. The van der Waals surface area contributed by atoms with Gasteiger partial charge in [0, 0.05) is 24.0 Å². The van der Waals surface area contributed by atoms with Crippen LogP contribution in [0.4, 0.5) is 5.72 Å². The van der Waals surface area contributed by atoms with Crippen LogP contribution in [0.5, 0.6) is 5.75 Å². The fourth-order valence-corrected chi connectivity index (χ4v) is 4.11. The minimum atomic E-state index is -4.14. The number of aliphatic hydroxyl groups is 1. The van der Waals surface area contributed by atoms with Crippen LogP contribution in [-0.4, -0.2) is 25.7 Å². The Bertz CT molecular complexity index is 1370. The summed E-state index contributed by atoms with van der Waals surface area (Å²) in [4.78, 5) is 13.2. The van der Waals surface area contributed by atoms with E-state index in [0.717, 1.165) is 33.3 Å². The van der Waals surface area contributed by atoms with Crippen LogP contribution in [-0.2, 0) is 13.0 Å². The molecule has 9 heteroatoms. The van der Waals surface area contributed by atoms with E-state index in [0.29, 0.717) is 11.3 Å². The Morgan fingerprint density at radius 2 is 2.00 bits per heavy atom. The minimum Gasteiger partial charge on any atom is -0.278 e. The molecule has 0 saturated carbocycles. The summed E-state index contributed by atoms with van der Waals surface area (Å²) in [5.41, 5.74) is 4.54. The van der Waals surface area contributed by atoms with Gasteiger partial charge in [0.25, 0.3) is 0 Å². The predicted molar refractivity (Wildman–Crippen MR) is 135 cm³/mol. The zero-order valence-electron chi connectivity index (χ0n) is 18.5. The molecule has 0 aliphatic carbocycles. The molecule has 4 rings (SSSR count). The van der Waals surface area contributed by atoms with E-state index >= 15 is 0 Å². The number of carbonyl (C=O) groups is 1. The van der Waals surface area contributed by atoms with Gasteiger partial charge >= 0.3 is 123 Å². The molecule has 0 aliphatic rings. The summed E-state index contributed by atoms with van der Waals surface area (Å²) in [5, 5.41) is 17.8. The van der Waals surface area contributed by atoms with E-state index in [1.807, 2.05) is 30.5 Å². The molecular weight excluding hydrogens is 555 g/mol. The van der Waals surface area contributed by atoms with Crippen molar-refractivity contribution in [2.24, 2.45) is 0 Å². The number of H-pyrrole nitrogens is 1. The molecule has 0 amide bonds. The van der Waals surface area contributed by atoms with Gasteiger partial charge in [0.1, 0.15) is 0 Å². The average molecular weight is 577 g/mol.